The number of phenolic OH excluding ortho intramolecular Hbond substituents is 1. The maximum atomic E-state index is 10.8. The van der Waals surface area contributed by atoms with Crippen molar-refractivity contribution < 1.29 is 15.0 Å². The monoisotopic (exact) mass is 341 g/mol. The fourth-order valence-electron chi connectivity index (χ4n) is 1.10. The number of halogens is 2. The van der Waals surface area contributed by atoms with E-state index < -0.39 is 12.0 Å². The molecule has 0 saturated carbocycles. The molecule has 0 aliphatic carbocycles. The second kappa shape index (κ2) is 5.53. The number of carboxylic acids is 1. The average Bonchev–Trinajstić information content (AvgIpc) is 2.15. The highest BCUT2D eigenvalue weighted by atomic mass is 127. The van der Waals surface area contributed by atoms with Gasteiger partial charge in [0.2, 0.25) is 0 Å². The lowest BCUT2D eigenvalue weighted by molar-refractivity contribution is -0.139. The molecule has 0 radical (unpaired) electrons. The van der Waals surface area contributed by atoms with Gasteiger partial charge in [-0.1, -0.05) is 12.1 Å². The quantitative estimate of drug-likeness (QED) is 0.651. The van der Waals surface area contributed by atoms with E-state index in [0.29, 0.717) is 6.42 Å². The number of rotatable bonds is 4. The smallest absolute Gasteiger partial charge is 0.323 e. The van der Waals surface area contributed by atoms with Gasteiger partial charge in [-0.05, 0) is 29.5 Å². The molecule has 0 aromatic heterocycles. The third-order valence-electron chi connectivity index (χ3n) is 1.89. The van der Waals surface area contributed by atoms with Crippen LogP contribution in [0.4, 0.5) is 0 Å². The third-order valence-corrected chi connectivity index (χ3v) is 2.79. The Morgan fingerprint density at radius 1 is 1.47 bits per heavy atom. The summed E-state index contributed by atoms with van der Waals surface area (Å²) in [6.45, 7) is 0. The Morgan fingerprint density at radius 3 is 2.40 bits per heavy atom. The molecule has 1 rings (SSSR count). The van der Waals surface area contributed by atoms with Gasteiger partial charge in [-0.3, -0.25) is 4.79 Å². The molecule has 1 atom stereocenters. The van der Waals surface area contributed by atoms with Crippen LogP contribution in [0.3, 0.4) is 0 Å². The molecule has 0 heterocycles. The number of phenols is 1. The van der Waals surface area contributed by atoms with Crippen LogP contribution in [-0.4, -0.2) is 24.9 Å². The summed E-state index contributed by atoms with van der Waals surface area (Å²) in [6, 6.07) is 5.58. The van der Waals surface area contributed by atoms with E-state index in [2.05, 4.69) is 0 Å². The van der Waals surface area contributed by atoms with E-state index in [4.69, 9.17) is 22.0 Å². The zero-order valence-electron chi connectivity index (χ0n) is 7.60. The number of aliphatic carboxylic acids is 1. The summed E-state index contributed by atoms with van der Waals surface area (Å²) in [5.41, 5.74) is 0.808. The first kappa shape index (κ1) is 12.5. The van der Waals surface area contributed by atoms with Gasteiger partial charge in [0.1, 0.15) is 11.8 Å². The minimum atomic E-state index is -0.979. The van der Waals surface area contributed by atoms with Crippen LogP contribution in [0, 0.1) is 0 Å². The van der Waals surface area contributed by atoms with Gasteiger partial charge in [-0.2, -0.15) is 0 Å². The van der Waals surface area contributed by atoms with Crippen molar-refractivity contribution in [3.8, 4) is 5.75 Å². The van der Waals surface area contributed by atoms with Gasteiger partial charge in [-0.15, -0.1) is 2.63 Å². The standard InChI is InChI=1S/C9H9ClINO3/c10-12(11)8(9(14)15)5-6-1-3-7(13)4-2-6/h1-4,8,13H,5H2,(H,14,15). The van der Waals surface area contributed by atoms with Gasteiger partial charge in [0, 0.05) is 29.3 Å². The van der Waals surface area contributed by atoms with Crippen LogP contribution in [0.2, 0.25) is 0 Å². The summed E-state index contributed by atoms with van der Waals surface area (Å²) in [7, 11) is 0. The normalized spacial score (nSPS) is 12.7. The molecular weight excluding hydrogens is 332 g/mol. The molecule has 0 aliphatic heterocycles. The minimum Gasteiger partial charge on any atom is -0.508 e. The van der Waals surface area contributed by atoms with Crippen molar-refractivity contribution >= 4 is 40.6 Å². The van der Waals surface area contributed by atoms with Gasteiger partial charge in [0.05, 0.1) is 0 Å². The van der Waals surface area contributed by atoms with Gasteiger partial charge in [0.15, 0.2) is 0 Å². The molecule has 15 heavy (non-hydrogen) atoms. The van der Waals surface area contributed by atoms with E-state index in [0.717, 1.165) is 8.20 Å². The van der Waals surface area contributed by atoms with Gasteiger partial charge in [-0.25, -0.2) is 0 Å². The molecule has 1 aromatic rings. The highest BCUT2D eigenvalue weighted by Gasteiger charge is 2.22. The minimum absolute atomic E-state index is 0.155. The Balaban J connectivity index is 2.74. The molecule has 2 N–H and O–H groups in total. The molecular formula is C9H9ClINO3. The summed E-state index contributed by atoms with van der Waals surface area (Å²) in [4.78, 5) is 10.8. The summed E-state index contributed by atoms with van der Waals surface area (Å²) >= 11 is 7.33. The molecule has 82 valence electrons. The Kier molecular flexibility index (Phi) is 4.62. The number of carbonyl (C=O) groups is 1. The second-order valence-corrected chi connectivity index (χ2v) is 4.96. The van der Waals surface area contributed by atoms with Crippen LogP contribution >= 0.6 is 34.6 Å². The van der Waals surface area contributed by atoms with E-state index >= 15 is 0 Å². The van der Waals surface area contributed by atoms with E-state index in [1.165, 1.54) is 12.1 Å². The number of benzene rings is 1. The molecule has 1 aromatic carbocycles. The molecule has 1 unspecified atom stereocenters. The summed E-state index contributed by atoms with van der Waals surface area (Å²) in [5.74, 6) is -0.824. The van der Waals surface area contributed by atoms with Crippen molar-refractivity contribution in [1.82, 2.24) is 2.63 Å². The van der Waals surface area contributed by atoms with Crippen LogP contribution in [0.15, 0.2) is 24.3 Å². The lowest BCUT2D eigenvalue weighted by Crippen LogP contribution is -2.31. The molecule has 0 saturated heterocycles. The highest BCUT2D eigenvalue weighted by Crippen LogP contribution is 2.17. The molecule has 0 spiro atoms. The van der Waals surface area contributed by atoms with Crippen molar-refractivity contribution in [2.75, 3.05) is 0 Å². The summed E-state index contributed by atoms with van der Waals surface area (Å²) in [5, 5.41) is 17.9. The summed E-state index contributed by atoms with van der Waals surface area (Å²) in [6.07, 6.45) is 0.294. The van der Waals surface area contributed by atoms with E-state index in [1.807, 2.05) is 0 Å². The lowest BCUT2D eigenvalue weighted by atomic mass is 10.1. The maximum Gasteiger partial charge on any atom is 0.323 e. The predicted octanol–water partition coefficient (Wildman–Crippen LogP) is 2.19. The maximum absolute atomic E-state index is 10.8. The van der Waals surface area contributed by atoms with Crippen LogP contribution in [0.25, 0.3) is 0 Å². The number of hydrogen-bond donors (Lipinski definition) is 2. The van der Waals surface area contributed by atoms with Crippen molar-refractivity contribution in [2.45, 2.75) is 12.5 Å². The molecule has 6 heteroatoms. The summed E-state index contributed by atoms with van der Waals surface area (Å²) < 4.78 is 1.10. The highest BCUT2D eigenvalue weighted by molar-refractivity contribution is 14.1. The topological polar surface area (TPSA) is 60.8 Å². The average molecular weight is 342 g/mol. The van der Waals surface area contributed by atoms with Crippen LogP contribution in [-0.2, 0) is 11.2 Å². The number of nitrogens with zero attached hydrogens (tertiary/aromatic N) is 1. The van der Waals surface area contributed by atoms with Gasteiger partial charge >= 0.3 is 5.97 Å². The Hall–Kier alpha value is -0.530. The first-order valence-corrected chi connectivity index (χ1v) is 5.42. The largest absolute Gasteiger partial charge is 0.508 e. The first-order chi connectivity index (χ1) is 7.00. The van der Waals surface area contributed by atoms with Crippen LogP contribution < -0.4 is 0 Å². The Morgan fingerprint density at radius 2 is 2.00 bits per heavy atom. The van der Waals surface area contributed by atoms with Crippen LogP contribution in [0.1, 0.15) is 5.56 Å². The van der Waals surface area contributed by atoms with Crippen LogP contribution in [0.5, 0.6) is 5.75 Å². The fourth-order valence-corrected chi connectivity index (χ4v) is 1.68. The van der Waals surface area contributed by atoms with Crippen molar-refractivity contribution in [1.29, 1.82) is 0 Å². The fraction of sp³-hybridized carbons (Fsp3) is 0.222. The molecule has 0 aliphatic rings. The van der Waals surface area contributed by atoms with Crippen molar-refractivity contribution in [3.05, 3.63) is 29.8 Å². The van der Waals surface area contributed by atoms with Gasteiger partial charge < -0.3 is 10.2 Å². The Labute approximate surface area is 106 Å². The zero-order valence-corrected chi connectivity index (χ0v) is 10.5. The molecule has 0 fully saturated rings. The van der Waals surface area contributed by atoms with E-state index in [-0.39, 0.29) is 5.75 Å². The number of carboxylic acid groups (broad SMARTS) is 1. The lowest BCUT2D eigenvalue weighted by Gasteiger charge is -2.15. The number of aromatic hydroxyl groups is 1. The SMILES string of the molecule is O=C(O)C(Cc1ccc(O)cc1)N(Cl)I. The first-order valence-electron chi connectivity index (χ1n) is 4.12. The van der Waals surface area contributed by atoms with Crippen molar-refractivity contribution in [2.24, 2.45) is 0 Å². The molecule has 0 amide bonds. The second-order valence-electron chi connectivity index (χ2n) is 2.98. The van der Waals surface area contributed by atoms with Crippen molar-refractivity contribution in [3.63, 3.8) is 0 Å². The Bertz CT molecular complexity index is 342. The third kappa shape index (κ3) is 3.84. The molecule has 0 bridgehead atoms. The van der Waals surface area contributed by atoms with E-state index in [9.17, 15) is 4.79 Å². The van der Waals surface area contributed by atoms with E-state index in [1.54, 1.807) is 35.0 Å². The number of hydrogen-bond acceptors (Lipinski definition) is 3. The predicted molar refractivity (Wildman–Crippen MR) is 64.9 cm³/mol. The molecule has 4 nitrogen and oxygen atoms in total. The van der Waals surface area contributed by atoms with Gasteiger partial charge in [0.25, 0.3) is 0 Å². The zero-order chi connectivity index (χ0) is 11.4.